The average molecular weight is 484 g/mol. The normalized spacial score (nSPS) is 15.9. The Hall–Kier alpha value is -3.48. The average Bonchev–Trinajstić information content (AvgIpc) is 3.30. The Morgan fingerprint density at radius 1 is 0.917 bits per heavy atom. The van der Waals surface area contributed by atoms with Crippen LogP contribution in [0.2, 0.25) is 0 Å². The lowest BCUT2D eigenvalue weighted by Gasteiger charge is -2.31. The number of fused-ring (bicyclic) bond motifs is 1. The Morgan fingerprint density at radius 2 is 1.67 bits per heavy atom. The molecule has 0 radical (unpaired) electrons. The summed E-state index contributed by atoms with van der Waals surface area (Å²) in [5, 5.41) is 0. The Morgan fingerprint density at radius 3 is 2.39 bits per heavy atom. The van der Waals surface area contributed by atoms with Crippen molar-refractivity contribution in [3.05, 3.63) is 94.5 Å². The number of carbonyl (C=O) groups is 1. The van der Waals surface area contributed by atoms with Gasteiger partial charge in [-0.1, -0.05) is 54.6 Å². The van der Waals surface area contributed by atoms with E-state index in [0.717, 1.165) is 65.5 Å². The second-order valence-electron chi connectivity index (χ2n) is 9.57. The van der Waals surface area contributed by atoms with Gasteiger partial charge >= 0.3 is 0 Å². The molecular formula is C30H33N3O3. The molecule has 0 atom stereocenters. The van der Waals surface area contributed by atoms with Crippen LogP contribution in [0.25, 0.3) is 0 Å². The molecular weight excluding hydrogens is 450 g/mol. The number of hydrogen-bond donors (Lipinski definition) is 0. The number of ether oxygens (including phenoxy) is 2. The highest BCUT2D eigenvalue weighted by atomic mass is 16.5. The molecule has 0 unspecified atom stereocenters. The fourth-order valence-electron chi connectivity index (χ4n) is 4.73. The molecule has 0 saturated carbocycles. The summed E-state index contributed by atoms with van der Waals surface area (Å²) >= 11 is 0. The highest BCUT2D eigenvalue weighted by Crippen LogP contribution is 2.35. The quantitative estimate of drug-likeness (QED) is 0.426. The van der Waals surface area contributed by atoms with Gasteiger partial charge < -0.3 is 14.4 Å². The number of Topliss-reactive ketones (excluding diaryl/α,β-unsaturated/α-hetero) is 1. The van der Waals surface area contributed by atoms with Crippen LogP contribution in [0, 0.1) is 0 Å². The number of piperazine rings is 1. The Labute approximate surface area is 213 Å². The zero-order valence-electron chi connectivity index (χ0n) is 21.1. The van der Waals surface area contributed by atoms with Gasteiger partial charge in [0.1, 0.15) is 6.61 Å². The number of likely N-dealkylation sites (N-methyl/N-ethyl adjacent to an activating group) is 1. The first-order valence-corrected chi connectivity index (χ1v) is 12.5. The zero-order chi connectivity index (χ0) is 24.9. The molecule has 1 saturated heterocycles. The van der Waals surface area contributed by atoms with Gasteiger partial charge in [-0.2, -0.15) is 0 Å². The summed E-state index contributed by atoms with van der Waals surface area (Å²) in [5.41, 5.74) is 6.31. The monoisotopic (exact) mass is 483 g/mol. The standard InChI is InChI=1S/C30H33N3O3/c1-32-12-14-33(15-13-32)20-28(34)24-10-8-22(9-11-24)16-27-26-18-29(35-2)30(17-25(26)19-31-27)36-21-23-6-4-3-5-7-23/h3-11,17-18H,12-16,19-21H2,1-2H3. The Balaban J connectivity index is 1.22. The first kappa shape index (κ1) is 24.2. The van der Waals surface area contributed by atoms with Crippen molar-refractivity contribution in [2.24, 2.45) is 4.99 Å². The van der Waals surface area contributed by atoms with Gasteiger partial charge in [-0.05, 0) is 35.9 Å². The van der Waals surface area contributed by atoms with Crippen molar-refractivity contribution in [1.29, 1.82) is 0 Å². The van der Waals surface area contributed by atoms with Gasteiger partial charge in [0.05, 0.1) is 20.2 Å². The molecule has 0 amide bonds. The Kier molecular flexibility index (Phi) is 7.44. The van der Waals surface area contributed by atoms with Gasteiger partial charge in [0, 0.05) is 49.4 Å². The van der Waals surface area contributed by atoms with E-state index in [-0.39, 0.29) is 5.78 Å². The number of benzene rings is 3. The maximum atomic E-state index is 12.8. The lowest BCUT2D eigenvalue weighted by molar-refractivity contribution is 0.0876. The number of carbonyl (C=O) groups excluding carboxylic acids is 1. The molecule has 36 heavy (non-hydrogen) atoms. The number of aliphatic imine (C=N–C) groups is 1. The van der Waals surface area contributed by atoms with E-state index in [1.165, 1.54) is 0 Å². The molecule has 186 valence electrons. The third kappa shape index (κ3) is 5.66. The molecule has 0 aliphatic carbocycles. The largest absolute Gasteiger partial charge is 0.493 e. The van der Waals surface area contributed by atoms with Crippen LogP contribution in [0.4, 0.5) is 0 Å². The predicted molar refractivity (Wildman–Crippen MR) is 142 cm³/mol. The van der Waals surface area contributed by atoms with Crippen molar-refractivity contribution >= 4 is 11.5 Å². The molecule has 0 aromatic heterocycles. The van der Waals surface area contributed by atoms with Crippen molar-refractivity contribution in [3.63, 3.8) is 0 Å². The number of hydrogen-bond acceptors (Lipinski definition) is 6. The highest BCUT2D eigenvalue weighted by molar-refractivity contribution is 6.05. The predicted octanol–water partition coefficient (Wildman–Crippen LogP) is 4.25. The summed E-state index contributed by atoms with van der Waals surface area (Å²) < 4.78 is 11.7. The third-order valence-corrected chi connectivity index (χ3v) is 6.99. The van der Waals surface area contributed by atoms with Gasteiger partial charge in [-0.15, -0.1) is 0 Å². The minimum absolute atomic E-state index is 0.183. The SMILES string of the molecule is COc1cc2c(cc1OCc1ccccc1)CN=C2Cc1ccc(C(=O)CN2CCN(C)CC2)cc1. The van der Waals surface area contributed by atoms with Crippen LogP contribution in [0.3, 0.4) is 0 Å². The second-order valence-corrected chi connectivity index (χ2v) is 9.57. The summed E-state index contributed by atoms with van der Waals surface area (Å²) in [4.78, 5) is 22.1. The highest BCUT2D eigenvalue weighted by Gasteiger charge is 2.21. The molecule has 3 aromatic rings. The van der Waals surface area contributed by atoms with Crippen molar-refractivity contribution < 1.29 is 14.3 Å². The number of nitrogens with zero attached hydrogens (tertiary/aromatic N) is 3. The van der Waals surface area contributed by atoms with E-state index in [2.05, 4.69) is 16.8 Å². The topological polar surface area (TPSA) is 54.4 Å². The molecule has 5 rings (SSSR count). The number of ketones is 1. The van der Waals surface area contributed by atoms with Gasteiger partial charge in [0.25, 0.3) is 0 Å². The van der Waals surface area contributed by atoms with Gasteiger partial charge in [-0.25, -0.2) is 0 Å². The fraction of sp³-hybridized carbons (Fsp3) is 0.333. The van der Waals surface area contributed by atoms with Crippen molar-refractivity contribution in [1.82, 2.24) is 9.80 Å². The molecule has 1 fully saturated rings. The summed E-state index contributed by atoms with van der Waals surface area (Å²) in [6, 6.07) is 22.2. The van der Waals surface area contributed by atoms with Gasteiger partial charge in [0.2, 0.25) is 0 Å². The van der Waals surface area contributed by atoms with Crippen molar-refractivity contribution in [3.8, 4) is 11.5 Å². The second kappa shape index (κ2) is 11.1. The molecule has 2 aliphatic heterocycles. The zero-order valence-corrected chi connectivity index (χ0v) is 21.1. The minimum Gasteiger partial charge on any atom is -0.493 e. The molecule has 0 spiro atoms. The first-order valence-electron chi connectivity index (χ1n) is 12.5. The van der Waals surface area contributed by atoms with Crippen molar-refractivity contribution in [2.45, 2.75) is 19.6 Å². The van der Waals surface area contributed by atoms with Crippen LogP contribution in [0.15, 0.2) is 71.7 Å². The van der Waals surface area contributed by atoms with E-state index in [4.69, 9.17) is 14.5 Å². The van der Waals surface area contributed by atoms with E-state index in [0.29, 0.717) is 31.9 Å². The molecule has 0 N–H and O–H groups in total. The van der Waals surface area contributed by atoms with E-state index >= 15 is 0 Å². The van der Waals surface area contributed by atoms with E-state index in [1.54, 1.807) is 7.11 Å². The van der Waals surface area contributed by atoms with Crippen LogP contribution in [0.5, 0.6) is 11.5 Å². The van der Waals surface area contributed by atoms with Gasteiger partial charge in [-0.3, -0.25) is 14.7 Å². The molecule has 0 bridgehead atoms. The van der Waals surface area contributed by atoms with Gasteiger partial charge in [0.15, 0.2) is 17.3 Å². The summed E-state index contributed by atoms with van der Waals surface area (Å²) in [5.74, 6) is 1.63. The van der Waals surface area contributed by atoms with E-state index < -0.39 is 0 Å². The Bertz CT molecular complexity index is 1230. The third-order valence-electron chi connectivity index (χ3n) is 6.99. The van der Waals surface area contributed by atoms with Crippen LogP contribution >= 0.6 is 0 Å². The maximum absolute atomic E-state index is 12.8. The summed E-state index contributed by atoms with van der Waals surface area (Å²) in [6.07, 6.45) is 0.716. The van der Waals surface area contributed by atoms with Crippen LogP contribution < -0.4 is 9.47 Å². The number of rotatable bonds is 9. The summed E-state index contributed by atoms with van der Waals surface area (Å²) in [7, 11) is 3.79. The van der Waals surface area contributed by atoms with Crippen LogP contribution in [0.1, 0.15) is 32.6 Å². The fourth-order valence-corrected chi connectivity index (χ4v) is 4.73. The number of methoxy groups -OCH3 is 1. The molecule has 2 heterocycles. The van der Waals surface area contributed by atoms with E-state index in [1.807, 2.05) is 66.7 Å². The minimum atomic E-state index is 0.183. The molecule has 2 aliphatic rings. The smallest absolute Gasteiger partial charge is 0.176 e. The van der Waals surface area contributed by atoms with Crippen LogP contribution in [-0.4, -0.2) is 68.2 Å². The van der Waals surface area contributed by atoms with Crippen molar-refractivity contribution in [2.75, 3.05) is 46.9 Å². The molecule has 6 nitrogen and oxygen atoms in total. The van der Waals surface area contributed by atoms with E-state index in [9.17, 15) is 4.79 Å². The first-order chi connectivity index (χ1) is 17.6. The van der Waals surface area contributed by atoms with Crippen LogP contribution in [-0.2, 0) is 19.6 Å². The lowest BCUT2D eigenvalue weighted by atomic mass is 9.98. The maximum Gasteiger partial charge on any atom is 0.176 e. The molecule has 6 heteroatoms. The lowest BCUT2D eigenvalue weighted by Crippen LogP contribution is -2.46. The molecule has 3 aromatic carbocycles. The summed E-state index contributed by atoms with van der Waals surface area (Å²) in [6.45, 7) is 5.54.